The minimum Gasteiger partial charge on any atom is -0.341 e. The third-order valence-electron chi connectivity index (χ3n) is 4.56. The van der Waals surface area contributed by atoms with E-state index in [-0.39, 0.29) is 6.17 Å². The Hall–Kier alpha value is -1.87. The van der Waals surface area contributed by atoms with Crippen molar-refractivity contribution < 1.29 is 0 Å². The van der Waals surface area contributed by atoms with Crippen molar-refractivity contribution in [3.63, 3.8) is 0 Å². The highest BCUT2D eigenvalue weighted by Gasteiger charge is 2.23. The highest BCUT2D eigenvalue weighted by atomic mass is 15.3. The Balaban J connectivity index is 0.00000171. The van der Waals surface area contributed by atoms with Crippen LogP contribution in [0.15, 0.2) is 52.7 Å². The fourth-order valence-electron chi connectivity index (χ4n) is 3.19. The van der Waals surface area contributed by atoms with Crippen LogP contribution in [0.4, 0.5) is 0 Å². The van der Waals surface area contributed by atoms with Gasteiger partial charge in [0.1, 0.15) is 5.84 Å². The van der Waals surface area contributed by atoms with Crippen molar-refractivity contribution in [1.29, 1.82) is 0 Å². The topological polar surface area (TPSA) is 41.6 Å². The highest BCUT2D eigenvalue weighted by Crippen LogP contribution is 2.27. The van der Waals surface area contributed by atoms with Crippen molar-refractivity contribution in [3.8, 4) is 0 Å². The summed E-state index contributed by atoms with van der Waals surface area (Å²) >= 11 is 0. The summed E-state index contributed by atoms with van der Waals surface area (Å²) in [6.45, 7) is 17.5. The van der Waals surface area contributed by atoms with Crippen LogP contribution in [0.5, 0.6) is 0 Å². The van der Waals surface area contributed by atoms with Gasteiger partial charge in [-0.2, -0.15) is 0 Å². The smallest absolute Gasteiger partial charge is 0.138 e. The summed E-state index contributed by atoms with van der Waals surface area (Å²) in [4.78, 5) is 7.38. The molecule has 0 bridgehead atoms. The molecule has 3 nitrogen and oxygen atoms in total. The van der Waals surface area contributed by atoms with Crippen molar-refractivity contribution in [2.45, 2.75) is 87.2 Å². The second kappa shape index (κ2) is 15.1. The van der Waals surface area contributed by atoms with Gasteiger partial charge >= 0.3 is 0 Å². The van der Waals surface area contributed by atoms with Crippen LogP contribution in [-0.2, 0) is 6.42 Å². The number of hydrogen-bond donors (Lipinski definition) is 1. The Kier molecular flexibility index (Phi) is 14.1. The zero-order chi connectivity index (χ0) is 21.5. The van der Waals surface area contributed by atoms with E-state index in [0.717, 1.165) is 43.8 Å². The molecule has 1 unspecified atom stereocenters. The van der Waals surface area contributed by atoms with E-state index in [1.54, 1.807) is 0 Å². The highest BCUT2D eigenvalue weighted by molar-refractivity contribution is 6.01. The number of hydrogen-bond acceptors (Lipinski definition) is 3. The van der Waals surface area contributed by atoms with Gasteiger partial charge < -0.3 is 10.6 Å². The maximum atomic E-state index is 6.44. The van der Waals surface area contributed by atoms with Crippen molar-refractivity contribution in [3.05, 3.63) is 58.8 Å². The third kappa shape index (κ3) is 6.94. The zero-order valence-electron chi connectivity index (χ0n) is 19.5. The van der Waals surface area contributed by atoms with Crippen LogP contribution >= 0.6 is 0 Å². The molecule has 0 amide bonds. The van der Waals surface area contributed by atoms with Crippen molar-refractivity contribution in [2.75, 3.05) is 6.54 Å². The summed E-state index contributed by atoms with van der Waals surface area (Å²) < 4.78 is 0. The molecule has 28 heavy (non-hydrogen) atoms. The van der Waals surface area contributed by atoms with E-state index in [0.29, 0.717) is 0 Å². The minimum atomic E-state index is -0.00760. The van der Waals surface area contributed by atoms with E-state index in [1.165, 1.54) is 16.7 Å². The molecule has 0 spiro atoms. The third-order valence-corrected chi connectivity index (χ3v) is 4.56. The number of amidine groups is 1. The molecule has 1 aromatic carbocycles. The minimum absolute atomic E-state index is 0.00760. The van der Waals surface area contributed by atoms with E-state index in [4.69, 9.17) is 10.7 Å². The Morgan fingerprint density at radius 3 is 2.29 bits per heavy atom. The van der Waals surface area contributed by atoms with Crippen LogP contribution in [0.2, 0.25) is 0 Å². The normalized spacial score (nSPS) is 14.1. The number of allylic oxidation sites excluding steroid dienone is 3. The number of benzene rings is 1. The van der Waals surface area contributed by atoms with E-state index >= 15 is 0 Å². The molecule has 0 saturated heterocycles. The zero-order valence-corrected chi connectivity index (χ0v) is 19.5. The van der Waals surface area contributed by atoms with Crippen molar-refractivity contribution >= 4 is 5.84 Å². The number of nitrogens with zero attached hydrogens (tertiary/aromatic N) is 2. The fraction of sp³-hybridized carbons (Fsp3) is 0.560. The number of fused-ring (bicyclic) bond motifs is 1. The van der Waals surface area contributed by atoms with Gasteiger partial charge in [0.2, 0.25) is 0 Å². The van der Waals surface area contributed by atoms with Gasteiger partial charge in [0.05, 0.1) is 11.9 Å². The predicted molar refractivity (Wildman–Crippen MR) is 127 cm³/mol. The Bertz CT molecular complexity index is 641. The molecule has 0 aromatic heterocycles. The van der Waals surface area contributed by atoms with E-state index in [9.17, 15) is 0 Å². The van der Waals surface area contributed by atoms with Crippen LogP contribution in [-0.4, -0.2) is 23.4 Å². The van der Waals surface area contributed by atoms with Gasteiger partial charge in [-0.05, 0) is 49.8 Å². The maximum absolute atomic E-state index is 6.44. The van der Waals surface area contributed by atoms with Gasteiger partial charge in [-0.15, -0.1) is 0 Å². The molecule has 3 heteroatoms. The van der Waals surface area contributed by atoms with Gasteiger partial charge in [-0.25, -0.2) is 4.99 Å². The molecule has 1 atom stereocenters. The summed E-state index contributed by atoms with van der Waals surface area (Å²) in [5.41, 5.74) is 11.5. The van der Waals surface area contributed by atoms with Gasteiger partial charge in [0, 0.05) is 12.1 Å². The first-order valence-corrected chi connectivity index (χ1v) is 11.2. The quantitative estimate of drug-likeness (QED) is 0.554. The standard InChI is InChI=1S/C21H31N3.2C2H6/c1-5-11-19-16(7-3)15-17-12-9-10-13-18(17)21(23-19)24(14-6-2)20(22)8-4;2*1-2/h5,9-13,20H,6-8,14-15,22H2,1-4H3;2*1-2H3/b11-5-;;. The lowest BCUT2D eigenvalue weighted by atomic mass is 9.97. The van der Waals surface area contributed by atoms with Crippen LogP contribution in [0.25, 0.3) is 0 Å². The largest absolute Gasteiger partial charge is 0.341 e. The molecule has 0 radical (unpaired) electrons. The van der Waals surface area contributed by atoms with Gasteiger partial charge in [-0.3, -0.25) is 0 Å². The van der Waals surface area contributed by atoms with Crippen LogP contribution in [0.3, 0.4) is 0 Å². The number of nitrogens with two attached hydrogens (primary N) is 1. The monoisotopic (exact) mass is 385 g/mol. The van der Waals surface area contributed by atoms with Crippen LogP contribution in [0.1, 0.15) is 85.8 Å². The molecule has 0 saturated carbocycles. The number of aliphatic imine (C=N–C) groups is 1. The van der Waals surface area contributed by atoms with Crippen LogP contribution in [0, 0.1) is 0 Å². The van der Waals surface area contributed by atoms with E-state index < -0.39 is 0 Å². The molecule has 1 heterocycles. The molecule has 158 valence electrons. The van der Waals surface area contributed by atoms with Crippen molar-refractivity contribution in [1.82, 2.24) is 4.90 Å². The lowest BCUT2D eigenvalue weighted by Crippen LogP contribution is -2.46. The Labute approximate surface area is 174 Å². The molecule has 1 aliphatic heterocycles. The van der Waals surface area contributed by atoms with E-state index in [2.05, 4.69) is 69.0 Å². The molecule has 2 N–H and O–H groups in total. The van der Waals surface area contributed by atoms with E-state index in [1.807, 2.05) is 27.7 Å². The SMILES string of the molecule is C/C=C\C1=C(CC)Cc2ccccc2C(N(CCC)C(N)CC)=N1.CC.CC. The molecular weight excluding hydrogens is 342 g/mol. The lowest BCUT2D eigenvalue weighted by molar-refractivity contribution is 0.309. The second-order valence-electron chi connectivity index (χ2n) is 6.28. The number of rotatable bonds is 6. The first-order valence-electron chi connectivity index (χ1n) is 11.2. The molecule has 1 aliphatic rings. The molecular formula is C25H43N3. The summed E-state index contributed by atoms with van der Waals surface area (Å²) in [5, 5.41) is 0. The molecule has 0 fully saturated rings. The Morgan fingerprint density at radius 1 is 1.11 bits per heavy atom. The van der Waals surface area contributed by atoms with Gasteiger partial charge in [0.15, 0.2) is 0 Å². The summed E-state index contributed by atoms with van der Waals surface area (Å²) in [5.74, 6) is 1.03. The lowest BCUT2D eigenvalue weighted by Gasteiger charge is -2.31. The maximum Gasteiger partial charge on any atom is 0.138 e. The van der Waals surface area contributed by atoms with Crippen molar-refractivity contribution in [2.24, 2.45) is 10.7 Å². The van der Waals surface area contributed by atoms with Gasteiger partial charge in [0.25, 0.3) is 0 Å². The summed E-state index contributed by atoms with van der Waals surface area (Å²) in [6.07, 6.45) is 8.13. The summed E-state index contributed by atoms with van der Waals surface area (Å²) in [7, 11) is 0. The summed E-state index contributed by atoms with van der Waals surface area (Å²) in [6, 6.07) is 8.63. The molecule has 2 rings (SSSR count). The average molecular weight is 386 g/mol. The average Bonchev–Trinajstić information content (AvgIpc) is 2.91. The van der Waals surface area contributed by atoms with Gasteiger partial charge in [-0.1, -0.05) is 78.8 Å². The molecule has 1 aromatic rings. The van der Waals surface area contributed by atoms with Crippen LogP contribution < -0.4 is 5.73 Å². The predicted octanol–water partition coefficient (Wildman–Crippen LogP) is 6.69. The molecule has 0 aliphatic carbocycles. The first kappa shape index (κ1) is 26.1. The second-order valence-corrected chi connectivity index (χ2v) is 6.28. The first-order chi connectivity index (χ1) is 13.7. The Morgan fingerprint density at radius 2 is 1.75 bits per heavy atom. The fourth-order valence-corrected chi connectivity index (χ4v) is 3.19.